The van der Waals surface area contributed by atoms with Crippen LogP contribution in [-0.2, 0) is 4.74 Å². The van der Waals surface area contributed by atoms with Crippen LogP contribution < -0.4 is 10.5 Å². The lowest BCUT2D eigenvalue weighted by atomic mass is 10.1. The number of rotatable bonds is 3. The lowest BCUT2D eigenvalue weighted by Gasteiger charge is -2.09. The molecule has 0 saturated heterocycles. The summed E-state index contributed by atoms with van der Waals surface area (Å²) in [6.07, 6.45) is 1.38. The highest BCUT2D eigenvalue weighted by Crippen LogP contribution is 2.24. The minimum atomic E-state index is -0.519. The van der Waals surface area contributed by atoms with Crippen molar-refractivity contribution in [2.45, 2.75) is 13.8 Å². The molecule has 5 nitrogen and oxygen atoms in total. The van der Waals surface area contributed by atoms with E-state index >= 15 is 0 Å². The molecule has 0 aliphatic heterocycles. The molecule has 0 radical (unpaired) electrons. The van der Waals surface area contributed by atoms with Gasteiger partial charge in [0.15, 0.2) is 0 Å². The van der Waals surface area contributed by atoms with Gasteiger partial charge in [0, 0.05) is 6.07 Å². The molecule has 0 fully saturated rings. The average molecular weight is 272 g/mol. The molecule has 2 N–H and O–H groups in total. The quantitative estimate of drug-likeness (QED) is 0.869. The number of carbonyl (C=O) groups excluding carboxylic acids is 1. The van der Waals surface area contributed by atoms with E-state index in [1.165, 1.54) is 24.9 Å². The van der Waals surface area contributed by atoms with Gasteiger partial charge in [0.1, 0.15) is 5.75 Å². The third-order valence-corrected chi connectivity index (χ3v) is 3.02. The number of carbonyl (C=O) groups is 1. The van der Waals surface area contributed by atoms with E-state index in [0.29, 0.717) is 11.6 Å². The van der Waals surface area contributed by atoms with E-state index in [-0.39, 0.29) is 11.3 Å². The zero-order valence-electron chi connectivity index (χ0n) is 11.6. The number of aromatic nitrogens is 1. The van der Waals surface area contributed by atoms with Gasteiger partial charge in [-0.1, -0.05) is 6.07 Å². The number of esters is 1. The maximum atomic E-state index is 11.6. The second kappa shape index (κ2) is 5.61. The minimum Gasteiger partial charge on any atom is -0.465 e. The number of hydrogen-bond acceptors (Lipinski definition) is 5. The van der Waals surface area contributed by atoms with Gasteiger partial charge in [-0.2, -0.15) is 0 Å². The topological polar surface area (TPSA) is 74.4 Å². The van der Waals surface area contributed by atoms with Crippen LogP contribution >= 0.6 is 0 Å². The highest BCUT2D eigenvalue weighted by Gasteiger charge is 2.12. The fourth-order valence-corrected chi connectivity index (χ4v) is 1.69. The molecule has 2 aromatic rings. The first-order valence-electron chi connectivity index (χ1n) is 6.10. The minimum absolute atomic E-state index is 0.237. The van der Waals surface area contributed by atoms with E-state index in [0.717, 1.165) is 5.56 Å². The molecule has 1 aromatic heterocycles. The molecule has 0 spiro atoms. The monoisotopic (exact) mass is 272 g/mol. The predicted octanol–water partition coefficient (Wildman–Crippen LogP) is 2.86. The molecule has 0 bridgehead atoms. The van der Waals surface area contributed by atoms with Crippen molar-refractivity contribution in [3.63, 3.8) is 0 Å². The van der Waals surface area contributed by atoms with Crippen LogP contribution in [0.5, 0.6) is 11.6 Å². The zero-order chi connectivity index (χ0) is 14.7. The van der Waals surface area contributed by atoms with Gasteiger partial charge in [-0.05, 0) is 37.1 Å². The highest BCUT2D eigenvalue weighted by atomic mass is 16.5. The fraction of sp³-hybridized carbons (Fsp3) is 0.200. The van der Waals surface area contributed by atoms with Crippen molar-refractivity contribution in [3.8, 4) is 11.6 Å². The molecule has 0 aliphatic carbocycles. The Balaban J connectivity index is 2.29. The number of ether oxygens (including phenoxy) is 2. The van der Waals surface area contributed by atoms with Gasteiger partial charge < -0.3 is 15.2 Å². The van der Waals surface area contributed by atoms with Crippen LogP contribution in [0.15, 0.2) is 30.5 Å². The van der Waals surface area contributed by atoms with Gasteiger partial charge in [-0.3, -0.25) is 0 Å². The Bertz CT molecular complexity index is 654. The Morgan fingerprint density at radius 1 is 1.20 bits per heavy atom. The smallest absolute Gasteiger partial charge is 0.340 e. The molecular formula is C15H16N2O3. The van der Waals surface area contributed by atoms with Crippen molar-refractivity contribution in [1.82, 2.24) is 4.98 Å². The van der Waals surface area contributed by atoms with E-state index in [9.17, 15) is 4.79 Å². The Labute approximate surface area is 117 Å². The van der Waals surface area contributed by atoms with E-state index in [4.69, 9.17) is 10.5 Å². The third-order valence-electron chi connectivity index (χ3n) is 3.02. The summed E-state index contributed by atoms with van der Waals surface area (Å²) in [7, 11) is 1.30. The Hall–Kier alpha value is -2.56. The molecule has 20 heavy (non-hydrogen) atoms. The van der Waals surface area contributed by atoms with Crippen LogP contribution in [0.1, 0.15) is 21.5 Å². The number of nitrogens with zero attached hydrogens (tertiary/aromatic N) is 1. The first kappa shape index (κ1) is 13.9. The van der Waals surface area contributed by atoms with Crippen molar-refractivity contribution in [2.75, 3.05) is 12.8 Å². The van der Waals surface area contributed by atoms with Gasteiger partial charge in [0.25, 0.3) is 0 Å². The molecule has 104 valence electrons. The van der Waals surface area contributed by atoms with Crippen LogP contribution in [0, 0.1) is 13.8 Å². The normalized spacial score (nSPS) is 10.2. The van der Waals surface area contributed by atoms with Crippen LogP contribution in [0.3, 0.4) is 0 Å². The molecule has 0 atom stereocenters. The van der Waals surface area contributed by atoms with E-state index in [1.54, 1.807) is 0 Å². The Morgan fingerprint density at radius 3 is 2.60 bits per heavy atom. The van der Waals surface area contributed by atoms with Crippen molar-refractivity contribution in [1.29, 1.82) is 0 Å². The number of pyridine rings is 1. The van der Waals surface area contributed by atoms with E-state index in [2.05, 4.69) is 9.72 Å². The molecule has 1 aromatic carbocycles. The first-order valence-corrected chi connectivity index (χ1v) is 6.10. The Kier molecular flexibility index (Phi) is 3.89. The molecule has 1 heterocycles. The fourth-order valence-electron chi connectivity index (χ4n) is 1.69. The summed E-state index contributed by atoms with van der Waals surface area (Å²) in [5.74, 6) is 0.430. The molecule has 0 amide bonds. The number of benzene rings is 1. The summed E-state index contributed by atoms with van der Waals surface area (Å²) in [6, 6.07) is 7.18. The number of nitrogen functional groups attached to an aromatic ring is 1. The molecule has 0 saturated carbocycles. The number of nitrogens with two attached hydrogens (primary N) is 1. The summed E-state index contributed by atoms with van der Waals surface area (Å²) in [5, 5.41) is 0. The lowest BCUT2D eigenvalue weighted by molar-refractivity contribution is 0.0601. The Morgan fingerprint density at radius 2 is 1.95 bits per heavy atom. The van der Waals surface area contributed by atoms with Crippen molar-refractivity contribution >= 4 is 11.7 Å². The summed E-state index contributed by atoms with van der Waals surface area (Å²) in [6.45, 7) is 4.02. The zero-order valence-corrected chi connectivity index (χ0v) is 11.6. The molecule has 5 heteroatoms. The van der Waals surface area contributed by atoms with Gasteiger partial charge in [0.05, 0.1) is 24.6 Å². The predicted molar refractivity (Wildman–Crippen MR) is 76.0 cm³/mol. The molecule has 2 rings (SSSR count). The van der Waals surface area contributed by atoms with Crippen molar-refractivity contribution in [3.05, 3.63) is 47.2 Å². The van der Waals surface area contributed by atoms with Crippen LogP contribution in [0.4, 0.5) is 5.69 Å². The van der Waals surface area contributed by atoms with E-state index < -0.39 is 5.97 Å². The lowest BCUT2D eigenvalue weighted by Crippen LogP contribution is -2.06. The van der Waals surface area contributed by atoms with Gasteiger partial charge in [-0.25, -0.2) is 9.78 Å². The third kappa shape index (κ3) is 2.88. The first-order chi connectivity index (χ1) is 9.51. The summed E-state index contributed by atoms with van der Waals surface area (Å²) in [5.41, 5.74) is 8.47. The van der Waals surface area contributed by atoms with Gasteiger partial charge in [-0.15, -0.1) is 0 Å². The number of anilines is 1. The summed E-state index contributed by atoms with van der Waals surface area (Å²) in [4.78, 5) is 15.6. The standard InChI is InChI=1S/C15H16N2O3/c1-9-4-5-11(6-10(9)2)20-14-7-12(15(18)19-3)13(16)8-17-14/h4-8H,16H2,1-3H3. The summed E-state index contributed by atoms with van der Waals surface area (Å²) < 4.78 is 10.3. The van der Waals surface area contributed by atoms with Crippen molar-refractivity contribution in [2.24, 2.45) is 0 Å². The van der Waals surface area contributed by atoms with Crippen LogP contribution in [0.2, 0.25) is 0 Å². The van der Waals surface area contributed by atoms with Crippen LogP contribution in [-0.4, -0.2) is 18.1 Å². The van der Waals surface area contributed by atoms with Crippen LogP contribution in [0.25, 0.3) is 0 Å². The number of methoxy groups -OCH3 is 1. The number of hydrogen-bond donors (Lipinski definition) is 1. The molecular weight excluding hydrogens is 256 g/mol. The molecule has 0 unspecified atom stereocenters. The summed E-state index contributed by atoms with van der Waals surface area (Å²) >= 11 is 0. The maximum Gasteiger partial charge on any atom is 0.340 e. The van der Waals surface area contributed by atoms with Gasteiger partial charge >= 0.3 is 5.97 Å². The largest absolute Gasteiger partial charge is 0.465 e. The number of aryl methyl sites for hydroxylation is 2. The second-order valence-electron chi connectivity index (χ2n) is 4.45. The highest BCUT2D eigenvalue weighted by molar-refractivity contribution is 5.95. The van der Waals surface area contributed by atoms with E-state index in [1.807, 2.05) is 32.0 Å². The van der Waals surface area contributed by atoms with Crippen molar-refractivity contribution < 1.29 is 14.3 Å². The van der Waals surface area contributed by atoms with Gasteiger partial charge in [0.2, 0.25) is 5.88 Å². The maximum absolute atomic E-state index is 11.6. The second-order valence-corrected chi connectivity index (χ2v) is 4.45. The SMILES string of the molecule is COC(=O)c1cc(Oc2ccc(C)c(C)c2)ncc1N. The average Bonchev–Trinajstić information content (AvgIpc) is 2.44. The molecule has 0 aliphatic rings.